The Labute approximate surface area is 378 Å². The van der Waals surface area contributed by atoms with Gasteiger partial charge in [0.2, 0.25) is 11.4 Å². The number of aryl methyl sites for hydroxylation is 2. The van der Waals surface area contributed by atoms with Crippen molar-refractivity contribution in [1.29, 1.82) is 0 Å². The molecule has 2 heteroatoms. The number of rotatable bonds is 37. The summed E-state index contributed by atoms with van der Waals surface area (Å²) in [7, 11) is 0. The van der Waals surface area contributed by atoms with Gasteiger partial charge < -0.3 is 5.53 Å². The van der Waals surface area contributed by atoms with Crippen LogP contribution in [-0.4, -0.2) is 4.70 Å². The van der Waals surface area contributed by atoms with Gasteiger partial charge in [0.15, 0.2) is 0 Å². The highest BCUT2D eigenvalue weighted by Gasteiger charge is 2.35. The molecule has 2 aromatic carbocycles. The average Bonchev–Trinajstić information content (AvgIpc) is 3.56. The van der Waals surface area contributed by atoms with Crippen LogP contribution in [0.1, 0.15) is 262 Å². The molecule has 0 radical (unpaired) electrons. The molecular weight excluding hydrogens is 737 g/mol. The van der Waals surface area contributed by atoms with E-state index in [4.69, 9.17) is 0 Å². The van der Waals surface area contributed by atoms with E-state index in [0.29, 0.717) is 0 Å². The fourth-order valence-corrected chi connectivity index (χ4v) is 9.10. The third-order valence-corrected chi connectivity index (χ3v) is 13.0. The number of hydrogen-bond donors (Lipinski definition) is 0. The molecule has 0 saturated heterocycles. The van der Waals surface area contributed by atoms with E-state index in [2.05, 4.69) is 100 Å². The molecule has 61 heavy (non-hydrogen) atoms. The lowest BCUT2D eigenvalue weighted by Gasteiger charge is -2.13. The summed E-state index contributed by atoms with van der Waals surface area (Å²) >= 11 is 0. The summed E-state index contributed by atoms with van der Waals surface area (Å²) < 4.78 is 1.52. The Morgan fingerprint density at radius 1 is 0.475 bits per heavy atom. The summed E-state index contributed by atoms with van der Waals surface area (Å²) in [5, 5.41) is 0. The lowest BCUT2D eigenvalue weighted by Crippen LogP contribution is -2.05. The zero-order valence-corrected chi connectivity index (χ0v) is 40.4. The summed E-state index contributed by atoms with van der Waals surface area (Å²) in [6, 6.07) is 17.5. The zero-order chi connectivity index (χ0) is 43.4. The van der Waals surface area contributed by atoms with Crippen LogP contribution in [0, 0.1) is 11.8 Å². The van der Waals surface area contributed by atoms with Gasteiger partial charge in [-0.25, -0.2) is 4.70 Å². The van der Waals surface area contributed by atoms with Crippen LogP contribution in [0.15, 0.2) is 71.8 Å². The number of unbranched alkanes of at least 4 members (excludes halogenated alkanes) is 28. The fraction of sp³-hybridized carbons (Fsp3) is 0.661. The second kappa shape index (κ2) is 35.3. The second-order valence-electron chi connectivity index (χ2n) is 18.3. The summed E-state index contributed by atoms with van der Waals surface area (Å²) in [5.74, 6) is 7.01. The van der Waals surface area contributed by atoms with Crippen LogP contribution in [0.2, 0.25) is 0 Å². The molecule has 0 aromatic heterocycles. The van der Waals surface area contributed by atoms with Crippen molar-refractivity contribution in [2.45, 2.75) is 252 Å². The first-order valence-electron chi connectivity index (χ1n) is 26.4. The van der Waals surface area contributed by atoms with Gasteiger partial charge in [0.05, 0.1) is 5.57 Å². The van der Waals surface area contributed by atoms with Crippen molar-refractivity contribution in [1.82, 2.24) is 0 Å². The summed E-state index contributed by atoms with van der Waals surface area (Å²) in [6.07, 6.45) is 50.6. The molecule has 0 atom stereocenters. The fourth-order valence-electron chi connectivity index (χ4n) is 9.10. The first kappa shape index (κ1) is 52.2. The van der Waals surface area contributed by atoms with Crippen molar-refractivity contribution in [3.63, 3.8) is 0 Å². The third kappa shape index (κ3) is 21.6. The van der Waals surface area contributed by atoms with E-state index in [1.807, 2.05) is 0 Å². The molecule has 338 valence electrons. The molecule has 2 aromatic rings. The van der Waals surface area contributed by atoms with Gasteiger partial charge in [-0.15, -0.1) is 11.8 Å². The zero-order valence-electron chi connectivity index (χ0n) is 40.4. The van der Waals surface area contributed by atoms with E-state index in [-0.39, 0.29) is 0 Å². The maximum absolute atomic E-state index is 12.1. The van der Waals surface area contributed by atoms with E-state index >= 15 is 0 Å². The predicted octanol–water partition coefficient (Wildman–Crippen LogP) is 19.5. The number of nitrogens with zero attached hydrogens (tertiary/aromatic N) is 2. The van der Waals surface area contributed by atoms with E-state index in [1.54, 1.807) is 0 Å². The Morgan fingerprint density at radius 3 is 1.48 bits per heavy atom. The molecule has 1 aliphatic heterocycles. The largest absolute Gasteiger partial charge is 0.493 e. The number of hydrogen-bond acceptors (Lipinski definition) is 0. The first-order valence-corrected chi connectivity index (χ1v) is 26.4. The van der Waals surface area contributed by atoms with Crippen LogP contribution >= 0.6 is 0 Å². The van der Waals surface area contributed by atoms with Crippen molar-refractivity contribution in [2.75, 3.05) is 0 Å². The molecule has 0 spiro atoms. The van der Waals surface area contributed by atoms with Crippen LogP contribution in [0.3, 0.4) is 0 Å². The van der Waals surface area contributed by atoms with E-state index in [0.717, 1.165) is 73.9 Å². The molecule has 0 N–H and O–H groups in total. The smallest absolute Gasteiger partial charge is 0.215 e. The number of allylic oxidation sites excluding steroid dienone is 4. The normalized spacial score (nSPS) is 13.0. The molecule has 0 saturated carbocycles. The van der Waals surface area contributed by atoms with Gasteiger partial charge in [-0.3, -0.25) is 0 Å². The molecule has 0 unspecified atom stereocenters. The minimum atomic E-state index is 0.850. The minimum absolute atomic E-state index is 0.850. The van der Waals surface area contributed by atoms with E-state index < -0.39 is 0 Å². The first-order chi connectivity index (χ1) is 30.2. The molecule has 0 fully saturated rings. The molecule has 0 bridgehead atoms. The average molecular weight is 829 g/mol. The molecule has 1 aliphatic rings. The maximum Gasteiger partial charge on any atom is 0.215 e. The van der Waals surface area contributed by atoms with E-state index in [1.165, 1.54) is 200 Å². The topological polar surface area (TPSA) is 25.3 Å². The highest BCUT2D eigenvalue weighted by Crippen LogP contribution is 2.44. The molecular formula is C59H92N2. The molecule has 0 aliphatic carbocycles. The Balaban J connectivity index is 1.33. The number of benzene rings is 2. The monoisotopic (exact) mass is 829 g/mol. The Morgan fingerprint density at radius 2 is 0.951 bits per heavy atom. The Kier molecular flexibility index (Phi) is 30.2. The summed E-state index contributed by atoms with van der Waals surface area (Å²) in [6.45, 7) is 9.02. The van der Waals surface area contributed by atoms with Crippen LogP contribution in [0.25, 0.3) is 16.9 Å². The van der Waals surface area contributed by atoms with Crippen molar-refractivity contribution < 1.29 is 4.70 Å². The highest BCUT2D eigenvalue weighted by molar-refractivity contribution is 5.84. The van der Waals surface area contributed by atoms with Gasteiger partial charge in [0.25, 0.3) is 0 Å². The second-order valence-corrected chi connectivity index (χ2v) is 18.3. The van der Waals surface area contributed by atoms with Gasteiger partial charge in [0.1, 0.15) is 0 Å². The molecule has 3 rings (SSSR count). The standard InChI is InChI=1S/C59H92N2/c1-5-9-12-14-15-16-17-18-19-20-21-22-23-24-25-26-27-28-29-30-31-32-33-34-35-36-38-39-43-53-44-41-42-46-55(53)59-57(45-11-7-3)56(47-40-37-13-10-6-2)58(61(59)60)54-50-48-52(8-4)49-51-54/h40-42,44,46-51H,5-35,37,39,43,45H2,1-4H3. The molecule has 1 heterocycles. The van der Waals surface area contributed by atoms with E-state index in [9.17, 15) is 5.53 Å². The van der Waals surface area contributed by atoms with Crippen LogP contribution in [0.5, 0.6) is 0 Å². The van der Waals surface area contributed by atoms with Crippen LogP contribution in [0.4, 0.5) is 0 Å². The Hall–Kier alpha value is -3.18. The van der Waals surface area contributed by atoms with Gasteiger partial charge in [0, 0.05) is 29.5 Å². The lowest BCUT2D eigenvalue weighted by molar-refractivity contribution is -0.345. The van der Waals surface area contributed by atoms with Crippen LogP contribution < -0.4 is 0 Å². The Bertz CT molecular complexity index is 1590. The van der Waals surface area contributed by atoms with Crippen molar-refractivity contribution >= 4 is 11.4 Å². The van der Waals surface area contributed by atoms with Crippen molar-refractivity contribution in [2.24, 2.45) is 0 Å². The summed E-state index contributed by atoms with van der Waals surface area (Å²) in [4.78, 5) is 0. The third-order valence-electron chi connectivity index (χ3n) is 13.0. The van der Waals surface area contributed by atoms with Crippen LogP contribution in [-0.2, 0) is 12.8 Å². The minimum Gasteiger partial charge on any atom is -0.493 e. The molecule has 0 amide bonds. The molecule has 2 nitrogen and oxygen atoms in total. The van der Waals surface area contributed by atoms with Crippen molar-refractivity contribution in [3.8, 4) is 11.8 Å². The predicted molar refractivity (Wildman–Crippen MR) is 270 cm³/mol. The SMILES string of the molecule is CCCCCC=CC1=C(c2ccc(CC)cc2)[N+](=[N-])C(c2ccccc2CCC#CCCCCCCCCCCCCCCCCCCCCCCCCCC)=C1CCCC. The summed E-state index contributed by atoms with van der Waals surface area (Å²) in [5.41, 5.74) is 21.2. The van der Waals surface area contributed by atoms with Gasteiger partial charge in [-0.2, -0.15) is 0 Å². The maximum atomic E-state index is 12.1. The van der Waals surface area contributed by atoms with Gasteiger partial charge in [-0.05, 0) is 74.3 Å². The quantitative estimate of drug-likeness (QED) is 0.0368. The van der Waals surface area contributed by atoms with Gasteiger partial charge >= 0.3 is 0 Å². The van der Waals surface area contributed by atoms with Crippen molar-refractivity contribution in [3.05, 3.63) is 99.6 Å². The highest BCUT2D eigenvalue weighted by atomic mass is 15.2. The lowest BCUT2D eigenvalue weighted by atomic mass is 9.92. The van der Waals surface area contributed by atoms with Gasteiger partial charge in [-0.1, -0.05) is 237 Å².